The monoisotopic (exact) mass is 203 g/mol. The quantitative estimate of drug-likeness (QED) is 0.716. The Morgan fingerprint density at radius 1 is 1.46 bits per heavy atom. The fourth-order valence-corrected chi connectivity index (χ4v) is 2.98. The van der Waals surface area contributed by atoms with E-state index in [0.717, 1.165) is 31.6 Å². The van der Waals surface area contributed by atoms with Crippen LogP contribution < -0.4 is 5.73 Å². The third-order valence-corrected chi connectivity index (χ3v) is 4.25. The minimum absolute atomic E-state index is 0.354. The highest BCUT2D eigenvalue weighted by Gasteiger charge is 2.31. The zero-order chi connectivity index (χ0) is 9.73. The van der Waals surface area contributed by atoms with Gasteiger partial charge < -0.3 is 10.8 Å². The van der Waals surface area contributed by atoms with Gasteiger partial charge in [0.1, 0.15) is 0 Å². The summed E-state index contributed by atoms with van der Waals surface area (Å²) in [7, 11) is 0. The predicted octanol–water partition coefficient (Wildman–Crippen LogP) is 1.76. The summed E-state index contributed by atoms with van der Waals surface area (Å²) in [4.78, 5) is 0. The highest BCUT2D eigenvalue weighted by Crippen LogP contribution is 2.33. The summed E-state index contributed by atoms with van der Waals surface area (Å²) in [5.74, 6) is 0.897. The first-order chi connectivity index (χ1) is 6.16. The molecule has 0 spiro atoms. The molecule has 1 saturated carbocycles. The highest BCUT2D eigenvalue weighted by atomic mass is 32.2. The summed E-state index contributed by atoms with van der Waals surface area (Å²) in [6.07, 6.45) is 5.44. The molecule has 1 atom stereocenters. The van der Waals surface area contributed by atoms with Gasteiger partial charge in [0.2, 0.25) is 0 Å². The molecular formula is C10H21NOS. The Morgan fingerprint density at radius 2 is 2.08 bits per heavy atom. The first-order valence-corrected chi connectivity index (χ1v) is 6.25. The fourth-order valence-electron chi connectivity index (χ4n) is 1.79. The van der Waals surface area contributed by atoms with E-state index in [1.807, 2.05) is 11.8 Å². The number of hydrogen-bond acceptors (Lipinski definition) is 3. The summed E-state index contributed by atoms with van der Waals surface area (Å²) in [5, 5.41) is 10.6. The van der Waals surface area contributed by atoms with Crippen molar-refractivity contribution in [3.8, 4) is 0 Å². The molecule has 1 fully saturated rings. The van der Waals surface area contributed by atoms with E-state index in [2.05, 4.69) is 6.92 Å². The maximum absolute atomic E-state index is 10.1. The lowest BCUT2D eigenvalue weighted by molar-refractivity contribution is 0.0731. The lowest BCUT2D eigenvalue weighted by Gasteiger charge is -2.23. The molecular weight excluding hydrogens is 182 g/mol. The fraction of sp³-hybridized carbons (Fsp3) is 1.00. The van der Waals surface area contributed by atoms with Crippen LogP contribution in [0.1, 0.15) is 39.0 Å². The molecule has 1 rings (SSSR count). The molecule has 0 aromatic rings. The Morgan fingerprint density at radius 3 is 2.62 bits per heavy atom. The van der Waals surface area contributed by atoms with Gasteiger partial charge in [-0.15, -0.1) is 0 Å². The van der Waals surface area contributed by atoms with Gasteiger partial charge >= 0.3 is 0 Å². The van der Waals surface area contributed by atoms with E-state index in [4.69, 9.17) is 5.73 Å². The van der Waals surface area contributed by atoms with Crippen LogP contribution in [0.5, 0.6) is 0 Å². The number of aliphatic hydroxyl groups is 1. The summed E-state index contributed by atoms with van der Waals surface area (Å²) in [6.45, 7) is 2.95. The zero-order valence-corrected chi connectivity index (χ0v) is 9.28. The van der Waals surface area contributed by atoms with Crippen LogP contribution >= 0.6 is 11.8 Å². The van der Waals surface area contributed by atoms with Crippen molar-refractivity contribution in [2.75, 3.05) is 12.3 Å². The van der Waals surface area contributed by atoms with E-state index in [9.17, 15) is 5.11 Å². The van der Waals surface area contributed by atoms with E-state index in [1.165, 1.54) is 12.8 Å². The molecule has 13 heavy (non-hydrogen) atoms. The van der Waals surface area contributed by atoms with Gasteiger partial charge in [-0.3, -0.25) is 0 Å². The molecule has 3 heteroatoms. The van der Waals surface area contributed by atoms with Crippen molar-refractivity contribution in [1.29, 1.82) is 0 Å². The average molecular weight is 203 g/mol. The Hall–Kier alpha value is 0.270. The first kappa shape index (κ1) is 11.3. The van der Waals surface area contributed by atoms with Crippen molar-refractivity contribution in [2.24, 2.45) is 5.73 Å². The van der Waals surface area contributed by atoms with E-state index in [1.54, 1.807) is 0 Å². The molecule has 1 unspecified atom stereocenters. The standard InChI is InChI=1S/C10H21NOS/c1-9(4-7-11)13-8-10(12)5-2-3-6-10/h9,12H,2-8,11H2,1H3. The van der Waals surface area contributed by atoms with Crippen molar-refractivity contribution < 1.29 is 5.11 Å². The molecule has 0 saturated heterocycles. The molecule has 2 nitrogen and oxygen atoms in total. The normalized spacial score (nSPS) is 23.3. The second-order valence-corrected chi connectivity index (χ2v) is 5.56. The van der Waals surface area contributed by atoms with Gasteiger partial charge in [0.05, 0.1) is 5.60 Å². The molecule has 0 bridgehead atoms. The molecule has 0 aromatic heterocycles. The van der Waals surface area contributed by atoms with Gasteiger partial charge in [-0.05, 0) is 25.8 Å². The van der Waals surface area contributed by atoms with Crippen molar-refractivity contribution in [2.45, 2.75) is 49.9 Å². The molecule has 0 amide bonds. The second kappa shape index (κ2) is 5.23. The van der Waals surface area contributed by atoms with E-state index in [-0.39, 0.29) is 5.60 Å². The van der Waals surface area contributed by atoms with Gasteiger partial charge in [-0.2, -0.15) is 11.8 Å². The van der Waals surface area contributed by atoms with Crippen molar-refractivity contribution in [1.82, 2.24) is 0 Å². The highest BCUT2D eigenvalue weighted by molar-refractivity contribution is 7.99. The Bertz CT molecular complexity index is 146. The van der Waals surface area contributed by atoms with Crippen molar-refractivity contribution in [3.63, 3.8) is 0 Å². The molecule has 78 valence electrons. The van der Waals surface area contributed by atoms with Gasteiger partial charge in [0, 0.05) is 11.0 Å². The van der Waals surface area contributed by atoms with Gasteiger partial charge in [-0.1, -0.05) is 19.8 Å². The minimum atomic E-state index is -0.354. The van der Waals surface area contributed by atoms with Crippen LogP contribution in [0.15, 0.2) is 0 Å². The van der Waals surface area contributed by atoms with Crippen LogP contribution in [-0.2, 0) is 0 Å². The van der Waals surface area contributed by atoms with E-state index >= 15 is 0 Å². The van der Waals surface area contributed by atoms with Crippen molar-refractivity contribution in [3.05, 3.63) is 0 Å². The minimum Gasteiger partial charge on any atom is -0.389 e. The number of thioether (sulfide) groups is 1. The summed E-state index contributed by atoms with van der Waals surface area (Å²) < 4.78 is 0. The Labute approximate surface area is 85.3 Å². The van der Waals surface area contributed by atoms with Gasteiger partial charge in [0.15, 0.2) is 0 Å². The van der Waals surface area contributed by atoms with E-state index in [0.29, 0.717) is 5.25 Å². The predicted molar refractivity (Wildman–Crippen MR) is 59.0 cm³/mol. The topological polar surface area (TPSA) is 46.2 Å². The maximum atomic E-state index is 10.1. The molecule has 0 aromatic carbocycles. The van der Waals surface area contributed by atoms with Crippen LogP contribution in [0.2, 0.25) is 0 Å². The molecule has 0 aliphatic heterocycles. The second-order valence-electron chi connectivity index (χ2n) is 4.13. The molecule has 3 N–H and O–H groups in total. The molecule has 0 heterocycles. The van der Waals surface area contributed by atoms with Gasteiger partial charge in [-0.25, -0.2) is 0 Å². The Balaban J connectivity index is 2.17. The maximum Gasteiger partial charge on any atom is 0.0737 e. The average Bonchev–Trinajstić information content (AvgIpc) is 2.51. The SMILES string of the molecule is CC(CCN)SCC1(O)CCCC1. The summed E-state index contributed by atoms with van der Waals surface area (Å²) >= 11 is 1.87. The van der Waals surface area contributed by atoms with Crippen molar-refractivity contribution >= 4 is 11.8 Å². The first-order valence-electron chi connectivity index (χ1n) is 5.20. The number of hydrogen-bond donors (Lipinski definition) is 2. The van der Waals surface area contributed by atoms with Crippen LogP contribution in [-0.4, -0.2) is 28.3 Å². The molecule has 0 radical (unpaired) electrons. The number of nitrogens with two attached hydrogens (primary N) is 1. The van der Waals surface area contributed by atoms with Gasteiger partial charge in [0.25, 0.3) is 0 Å². The van der Waals surface area contributed by atoms with E-state index < -0.39 is 0 Å². The summed E-state index contributed by atoms with van der Waals surface area (Å²) in [6, 6.07) is 0. The molecule has 1 aliphatic carbocycles. The van der Waals surface area contributed by atoms with Crippen LogP contribution in [0.4, 0.5) is 0 Å². The third kappa shape index (κ3) is 3.88. The summed E-state index contributed by atoms with van der Waals surface area (Å²) in [5.41, 5.74) is 5.12. The Kier molecular flexibility index (Phi) is 4.56. The van der Waals surface area contributed by atoms with Crippen LogP contribution in [0.25, 0.3) is 0 Å². The smallest absolute Gasteiger partial charge is 0.0737 e. The van der Waals surface area contributed by atoms with Crippen LogP contribution in [0, 0.1) is 0 Å². The third-order valence-electron chi connectivity index (χ3n) is 2.74. The zero-order valence-electron chi connectivity index (χ0n) is 8.46. The largest absolute Gasteiger partial charge is 0.389 e. The lowest BCUT2D eigenvalue weighted by atomic mass is 10.1. The molecule has 1 aliphatic rings. The number of rotatable bonds is 5. The lowest BCUT2D eigenvalue weighted by Crippen LogP contribution is -2.28. The van der Waals surface area contributed by atoms with Crippen LogP contribution in [0.3, 0.4) is 0 Å².